The molecule has 3 heterocycles. The predicted molar refractivity (Wildman–Crippen MR) is 142 cm³/mol. The fraction of sp³-hybridized carbons (Fsp3) is 0.0323. The lowest BCUT2D eigenvalue weighted by Gasteiger charge is -2.33. The van der Waals surface area contributed by atoms with Crippen LogP contribution in [0, 0.1) is 6.92 Å². The fourth-order valence-electron chi connectivity index (χ4n) is 6.11. The minimum Gasteiger partial charge on any atom is -0.458 e. The molecule has 5 aromatic carbocycles. The van der Waals surface area contributed by atoms with Gasteiger partial charge in [0.15, 0.2) is 0 Å². The van der Waals surface area contributed by atoms with Crippen LogP contribution in [0.25, 0.3) is 38.6 Å². The van der Waals surface area contributed by atoms with Crippen LogP contribution < -0.4 is 21.1 Å². The van der Waals surface area contributed by atoms with Gasteiger partial charge in [0.05, 0.1) is 5.52 Å². The van der Waals surface area contributed by atoms with Crippen molar-refractivity contribution < 1.29 is 4.74 Å². The van der Waals surface area contributed by atoms with Crippen LogP contribution >= 0.6 is 0 Å². The van der Waals surface area contributed by atoms with E-state index in [-0.39, 0.29) is 6.71 Å². The Bertz CT molecular complexity index is 1800. The van der Waals surface area contributed by atoms with Gasteiger partial charge < -0.3 is 9.30 Å². The van der Waals surface area contributed by atoms with Crippen LogP contribution in [0.2, 0.25) is 0 Å². The van der Waals surface area contributed by atoms with Crippen molar-refractivity contribution in [3.05, 3.63) is 109 Å². The van der Waals surface area contributed by atoms with Crippen LogP contribution in [0.3, 0.4) is 0 Å². The maximum absolute atomic E-state index is 6.58. The van der Waals surface area contributed by atoms with Crippen molar-refractivity contribution in [3.8, 4) is 28.3 Å². The van der Waals surface area contributed by atoms with E-state index in [2.05, 4.69) is 115 Å². The monoisotopic (exact) mass is 433 g/mol. The molecule has 0 saturated carbocycles. The topological polar surface area (TPSA) is 14.2 Å². The van der Waals surface area contributed by atoms with Crippen molar-refractivity contribution in [3.63, 3.8) is 0 Å². The molecule has 6 aromatic rings. The average Bonchev–Trinajstić information content (AvgIpc) is 3.22. The van der Waals surface area contributed by atoms with Crippen LogP contribution in [0.5, 0.6) is 11.5 Å². The Labute approximate surface area is 198 Å². The maximum Gasteiger partial charge on any atom is 0.256 e. The van der Waals surface area contributed by atoms with E-state index >= 15 is 0 Å². The molecule has 0 aliphatic carbocycles. The molecule has 0 amide bonds. The number of aromatic nitrogens is 1. The van der Waals surface area contributed by atoms with E-state index in [4.69, 9.17) is 4.74 Å². The first kappa shape index (κ1) is 18.2. The first-order valence-electron chi connectivity index (χ1n) is 11.8. The molecule has 0 spiro atoms. The predicted octanol–water partition coefficient (Wildman–Crippen LogP) is 5.69. The molecule has 1 aromatic heterocycles. The Kier molecular flexibility index (Phi) is 3.44. The summed E-state index contributed by atoms with van der Waals surface area (Å²) in [6.45, 7) is 2.30. The second-order valence-corrected chi connectivity index (χ2v) is 9.45. The number of para-hydroxylation sites is 2. The molecular weight excluding hydrogens is 413 g/mol. The molecule has 0 N–H and O–H groups in total. The van der Waals surface area contributed by atoms with Gasteiger partial charge in [0.2, 0.25) is 0 Å². The number of hydrogen-bond donors (Lipinski definition) is 0. The Hall–Kier alpha value is -4.24. The van der Waals surface area contributed by atoms with Crippen molar-refractivity contribution in [1.29, 1.82) is 0 Å². The van der Waals surface area contributed by atoms with Gasteiger partial charge in [0.25, 0.3) is 6.71 Å². The third kappa shape index (κ3) is 2.26. The van der Waals surface area contributed by atoms with Crippen molar-refractivity contribution in [2.45, 2.75) is 6.92 Å². The first-order chi connectivity index (χ1) is 16.8. The lowest BCUT2D eigenvalue weighted by atomic mass is 9.34. The van der Waals surface area contributed by atoms with Gasteiger partial charge in [-0.05, 0) is 64.3 Å². The number of benzene rings is 5. The largest absolute Gasteiger partial charge is 0.458 e. The molecule has 0 unspecified atom stereocenters. The van der Waals surface area contributed by atoms with E-state index in [1.54, 1.807) is 0 Å². The number of ether oxygens (including phenoxy) is 1. The lowest BCUT2D eigenvalue weighted by molar-refractivity contribution is 0.487. The van der Waals surface area contributed by atoms with Crippen molar-refractivity contribution in [1.82, 2.24) is 4.57 Å². The summed E-state index contributed by atoms with van der Waals surface area (Å²) in [5.74, 6) is 1.93. The summed E-state index contributed by atoms with van der Waals surface area (Å²) >= 11 is 0. The van der Waals surface area contributed by atoms with Crippen LogP contribution in [0.4, 0.5) is 0 Å². The fourth-order valence-corrected chi connectivity index (χ4v) is 6.11. The number of fused-ring (bicyclic) bond motifs is 7. The van der Waals surface area contributed by atoms with Crippen LogP contribution in [-0.2, 0) is 0 Å². The molecule has 0 fully saturated rings. The van der Waals surface area contributed by atoms with Crippen molar-refractivity contribution in [2.75, 3.05) is 0 Å². The molecule has 2 aliphatic rings. The summed E-state index contributed by atoms with van der Waals surface area (Å²) in [6.07, 6.45) is 0. The van der Waals surface area contributed by atoms with Gasteiger partial charge in [-0.2, -0.15) is 0 Å². The molecule has 3 heteroatoms. The van der Waals surface area contributed by atoms with E-state index in [1.165, 1.54) is 60.6 Å². The molecule has 0 bridgehead atoms. The van der Waals surface area contributed by atoms with Gasteiger partial charge in [-0.25, -0.2) is 0 Å². The van der Waals surface area contributed by atoms with Gasteiger partial charge in [-0.1, -0.05) is 78.9 Å². The van der Waals surface area contributed by atoms with Gasteiger partial charge >= 0.3 is 0 Å². The third-order valence-corrected chi connectivity index (χ3v) is 7.48. The van der Waals surface area contributed by atoms with Crippen LogP contribution in [0.15, 0.2) is 103 Å². The highest BCUT2D eigenvalue weighted by molar-refractivity contribution is 6.99. The highest BCUT2D eigenvalue weighted by Crippen LogP contribution is 2.38. The first-order valence-corrected chi connectivity index (χ1v) is 11.8. The molecule has 0 saturated heterocycles. The Morgan fingerprint density at radius 1 is 0.647 bits per heavy atom. The van der Waals surface area contributed by atoms with Gasteiger partial charge in [0.1, 0.15) is 11.5 Å². The van der Waals surface area contributed by atoms with Gasteiger partial charge in [-0.3, -0.25) is 0 Å². The summed E-state index contributed by atoms with van der Waals surface area (Å²) in [5.41, 5.74) is 11.3. The van der Waals surface area contributed by atoms with Crippen molar-refractivity contribution in [2.24, 2.45) is 0 Å². The normalized spacial score (nSPS) is 13.0. The van der Waals surface area contributed by atoms with Crippen LogP contribution in [-0.4, -0.2) is 11.3 Å². The molecule has 2 nitrogen and oxygen atoms in total. The summed E-state index contributed by atoms with van der Waals surface area (Å²) in [4.78, 5) is 0. The molecular formula is C31H20BNO. The third-order valence-electron chi connectivity index (χ3n) is 7.48. The molecule has 0 atom stereocenters. The second-order valence-electron chi connectivity index (χ2n) is 9.45. The number of hydrogen-bond acceptors (Lipinski definition) is 1. The smallest absolute Gasteiger partial charge is 0.256 e. The minimum absolute atomic E-state index is 0.138. The van der Waals surface area contributed by atoms with E-state index in [0.717, 1.165) is 11.5 Å². The van der Waals surface area contributed by atoms with Gasteiger partial charge in [-0.15, -0.1) is 0 Å². The number of rotatable bonds is 1. The molecule has 34 heavy (non-hydrogen) atoms. The Morgan fingerprint density at radius 3 is 2.38 bits per heavy atom. The lowest BCUT2D eigenvalue weighted by Crippen LogP contribution is -2.58. The van der Waals surface area contributed by atoms with Gasteiger partial charge in [0, 0.05) is 22.0 Å². The SMILES string of the molecule is Cc1cc2c3c(c1)-n1c4ccccc4c4cccc(c41)B3c1cc(-c3ccccc3)ccc1O2. The zero-order valence-corrected chi connectivity index (χ0v) is 18.7. The highest BCUT2D eigenvalue weighted by atomic mass is 16.5. The molecule has 0 radical (unpaired) electrons. The summed E-state index contributed by atoms with van der Waals surface area (Å²) in [5, 5.41) is 2.61. The average molecular weight is 433 g/mol. The Balaban J connectivity index is 1.51. The number of aryl methyl sites for hydroxylation is 1. The van der Waals surface area contributed by atoms with E-state index < -0.39 is 0 Å². The number of nitrogens with zero attached hydrogens (tertiary/aromatic N) is 1. The van der Waals surface area contributed by atoms with E-state index in [9.17, 15) is 0 Å². The van der Waals surface area contributed by atoms with Crippen LogP contribution in [0.1, 0.15) is 5.56 Å². The molecule has 8 rings (SSSR count). The molecule has 158 valence electrons. The summed E-state index contributed by atoms with van der Waals surface area (Å²) in [7, 11) is 0. The van der Waals surface area contributed by atoms with E-state index in [1.807, 2.05) is 0 Å². The second kappa shape index (κ2) is 6.42. The quantitative estimate of drug-likeness (QED) is 0.303. The zero-order valence-electron chi connectivity index (χ0n) is 18.7. The summed E-state index contributed by atoms with van der Waals surface area (Å²) in [6, 6.07) is 37.3. The Morgan fingerprint density at radius 2 is 1.47 bits per heavy atom. The standard InChI is InChI=1S/C31H20BNO/c1-19-16-27-30-29(17-19)34-28-15-14-21(20-8-3-2-4-9-20)18-25(28)32(30)24-12-7-11-23-22-10-5-6-13-26(22)33(27)31(23)24/h2-18H,1H3. The van der Waals surface area contributed by atoms with Crippen molar-refractivity contribution >= 4 is 44.9 Å². The highest BCUT2D eigenvalue weighted by Gasteiger charge is 2.40. The zero-order chi connectivity index (χ0) is 22.4. The maximum atomic E-state index is 6.58. The summed E-state index contributed by atoms with van der Waals surface area (Å²) < 4.78 is 9.04. The van der Waals surface area contributed by atoms with E-state index in [0.29, 0.717) is 0 Å². The minimum atomic E-state index is 0.138. The molecule has 2 aliphatic heterocycles.